The lowest BCUT2D eigenvalue weighted by molar-refractivity contribution is 0.404. The van der Waals surface area contributed by atoms with Gasteiger partial charge >= 0.3 is 0 Å². The number of benzene rings is 2. The second-order valence-corrected chi connectivity index (χ2v) is 5.41. The molecule has 1 atom stereocenters. The number of hydrogen-bond donors (Lipinski definition) is 1. The molecule has 0 aliphatic carbocycles. The zero-order chi connectivity index (χ0) is 13.8. The summed E-state index contributed by atoms with van der Waals surface area (Å²) in [6.07, 6.45) is 0. The molecule has 0 fully saturated rings. The van der Waals surface area contributed by atoms with Crippen LogP contribution in [0.2, 0.25) is 0 Å². The predicted octanol–water partition coefficient (Wildman–Crippen LogP) is 2.72. The minimum atomic E-state index is -1.37. The third kappa shape index (κ3) is 3.12. The number of nitrogens with two attached hydrogens (primary N) is 1. The molecule has 0 amide bonds. The summed E-state index contributed by atoms with van der Waals surface area (Å²) >= 11 is 0. The molecule has 0 aromatic heterocycles. The quantitative estimate of drug-likeness (QED) is 0.875. The van der Waals surface area contributed by atoms with Crippen molar-refractivity contribution in [2.75, 3.05) is 12.8 Å². The highest BCUT2D eigenvalue weighted by Crippen LogP contribution is 2.24. The summed E-state index contributed by atoms with van der Waals surface area (Å²) in [5.41, 5.74) is 6.20. The van der Waals surface area contributed by atoms with Crippen LogP contribution in [0.4, 0.5) is 10.1 Å². The molecule has 0 aliphatic heterocycles. The molecule has 0 saturated carbocycles. The van der Waals surface area contributed by atoms with Crippen LogP contribution >= 0.6 is 0 Å². The third-order valence-corrected chi connectivity index (χ3v) is 4.08. The standard InChI is InChI=1S/C14H14FNO2S/c1-18-13-4-2-3-5-14(13)19(17)9-10-6-7-11(16)8-12(10)15/h2-8H,9,16H2,1H3. The van der Waals surface area contributed by atoms with Gasteiger partial charge in [-0.3, -0.25) is 4.21 Å². The van der Waals surface area contributed by atoms with Crippen molar-refractivity contribution >= 4 is 16.5 Å². The molecule has 0 saturated heterocycles. The van der Waals surface area contributed by atoms with Gasteiger partial charge in [-0.2, -0.15) is 0 Å². The lowest BCUT2D eigenvalue weighted by Gasteiger charge is -2.08. The van der Waals surface area contributed by atoms with Gasteiger partial charge in [-0.15, -0.1) is 0 Å². The van der Waals surface area contributed by atoms with E-state index in [1.54, 1.807) is 36.4 Å². The number of rotatable bonds is 4. The van der Waals surface area contributed by atoms with E-state index in [1.165, 1.54) is 13.2 Å². The van der Waals surface area contributed by atoms with Crippen LogP contribution in [0.5, 0.6) is 5.75 Å². The molecule has 2 rings (SSSR count). The first kappa shape index (κ1) is 13.5. The second kappa shape index (κ2) is 5.84. The number of para-hydroxylation sites is 1. The Morgan fingerprint density at radius 2 is 2.00 bits per heavy atom. The molecule has 100 valence electrons. The lowest BCUT2D eigenvalue weighted by atomic mass is 10.2. The first-order valence-electron chi connectivity index (χ1n) is 5.67. The van der Waals surface area contributed by atoms with E-state index in [-0.39, 0.29) is 5.75 Å². The van der Waals surface area contributed by atoms with Gasteiger partial charge in [0.05, 0.1) is 28.6 Å². The Bertz CT molecular complexity index is 616. The second-order valence-electron chi connectivity index (χ2n) is 3.99. The van der Waals surface area contributed by atoms with Gasteiger partial charge in [-0.1, -0.05) is 18.2 Å². The van der Waals surface area contributed by atoms with Crippen LogP contribution in [0.25, 0.3) is 0 Å². The van der Waals surface area contributed by atoms with Gasteiger partial charge in [0.25, 0.3) is 0 Å². The minimum Gasteiger partial charge on any atom is -0.495 e. The number of nitrogen functional groups attached to an aromatic ring is 1. The maximum Gasteiger partial charge on any atom is 0.134 e. The zero-order valence-electron chi connectivity index (χ0n) is 10.4. The Labute approximate surface area is 113 Å². The van der Waals surface area contributed by atoms with Gasteiger partial charge in [-0.25, -0.2) is 4.39 Å². The minimum absolute atomic E-state index is 0.0898. The summed E-state index contributed by atoms with van der Waals surface area (Å²) in [5, 5.41) is 0. The van der Waals surface area contributed by atoms with Crippen LogP contribution in [-0.2, 0) is 16.6 Å². The summed E-state index contributed by atoms with van der Waals surface area (Å²) in [6, 6.07) is 11.4. The van der Waals surface area contributed by atoms with E-state index in [9.17, 15) is 8.60 Å². The molecule has 0 spiro atoms. The average molecular weight is 279 g/mol. The fraction of sp³-hybridized carbons (Fsp3) is 0.143. The highest BCUT2D eigenvalue weighted by Gasteiger charge is 2.13. The van der Waals surface area contributed by atoms with Crippen molar-refractivity contribution in [1.29, 1.82) is 0 Å². The van der Waals surface area contributed by atoms with Crippen LogP contribution in [0.1, 0.15) is 5.56 Å². The van der Waals surface area contributed by atoms with E-state index in [2.05, 4.69) is 0 Å². The SMILES string of the molecule is COc1ccccc1S(=O)Cc1ccc(N)cc1F. The Balaban J connectivity index is 2.26. The summed E-state index contributed by atoms with van der Waals surface area (Å²) in [4.78, 5) is 0.557. The van der Waals surface area contributed by atoms with Crippen molar-refractivity contribution in [2.45, 2.75) is 10.6 Å². The van der Waals surface area contributed by atoms with Crippen LogP contribution in [-0.4, -0.2) is 11.3 Å². The molecule has 0 bridgehead atoms. The number of ether oxygens (including phenoxy) is 1. The molecule has 5 heteroatoms. The van der Waals surface area contributed by atoms with Gasteiger partial charge < -0.3 is 10.5 Å². The zero-order valence-corrected chi connectivity index (χ0v) is 11.2. The molecule has 19 heavy (non-hydrogen) atoms. The summed E-state index contributed by atoms with van der Waals surface area (Å²) in [7, 11) is 0.145. The summed E-state index contributed by atoms with van der Waals surface area (Å²) in [6.45, 7) is 0. The lowest BCUT2D eigenvalue weighted by Crippen LogP contribution is -2.01. The largest absolute Gasteiger partial charge is 0.495 e. The molecule has 2 aromatic carbocycles. The van der Waals surface area contributed by atoms with Crippen LogP contribution in [0.3, 0.4) is 0 Å². The van der Waals surface area contributed by atoms with E-state index in [0.717, 1.165) is 0 Å². The molecular weight excluding hydrogens is 265 g/mol. The topological polar surface area (TPSA) is 52.3 Å². The molecule has 0 aliphatic rings. The molecular formula is C14H14FNO2S. The van der Waals surface area contributed by atoms with Crippen LogP contribution < -0.4 is 10.5 Å². The Morgan fingerprint density at radius 3 is 2.68 bits per heavy atom. The maximum atomic E-state index is 13.7. The van der Waals surface area contributed by atoms with E-state index in [4.69, 9.17) is 10.5 Å². The summed E-state index contributed by atoms with van der Waals surface area (Å²) in [5.74, 6) is 0.187. The van der Waals surface area contributed by atoms with Gasteiger partial charge in [0, 0.05) is 11.3 Å². The molecule has 0 heterocycles. The molecule has 1 unspecified atom stereocenters. The fourth-order valence-corrected chi connectivity index (χ4v) is 2.98. The predicted molar refractivity (Wildman–Crippen MR) is 73.9 cm³/mol. The Kier molecular flexibility index (Phi) is 4.16. The van der Waals surface area contributed by atoms with Crippen molar-refractivity contribution in [3.05, 3.63) is 53.8 Å². The number of anilines is 1. The average Bonchev–Trinajstić information content (AvgIpc) is 2.41. The monoisotopic (exact) mass is 279 g/mol. The maximum absolute atomic E-state index is 13.7. The fourth-order valence-electron chi connectivity index (χ4n) is 1.71. The van der Waals surface area contributed by atoms with E-state index >= 15 is 0 Å². The van der Waals surface area contributed by atoms with Gasteiger partial charge in [0.1, 0.15) is 11.6 Å². The smallest absolute Gasteiger partial charge is 0.134 e. The van der Waals surface area contributed by atoms with E-state index in [0.29, 0.717) is 21.9 Å². The first-order chi connectivity index (χ1) is 9.11. The normalized spacial score (nSPS) is 12.1. The van der Waals surface area contributed by atoms with Crippen LogP contribution in [0, 0.1) is 5.82 Å². The molecule has 3 nitrogen and oxygen atoms in total. The first-order valence-corrected chi connectivity index (χ1v) is 6.99. The van der Waals surface area contributed by atoms with Gasteiger partial charge in [-0.05, 0) is 24.3 Å². The Hall–Kier alpha value is -1.88. The third-order valence-electron chi connectivity index (χ3n) is 2.68. The molecule has 0 radical (unpaired) electrons. The van der Waals surface area contributed by atoms with Crippen molar-refractivity contribution in [1.82, 2.24) is 0 Å². The number of halogens is 1. The van der Waals surface area contributed by atoms with Crippen molar-refractivity contribution in [3.8, 4) is 5.75 Å². The van der Waals surface area contributed by atoms with Gasteiger partial charge in [0.15, 0.2) is 0 Å². The highest BCUT2D eigenvalue weighted by molar-refractivity contribution is 7.84. The highest BCUT2D eigenvalue weighted by atomic mass is 32.2. The van der Waals surface area contributed by atoms with E-state index in [1.807, 2.05) is 0 Å². The molecule has 2 aromatic rings. The molecule has 2 N–H and O–H groups in total. The number of methoxy groups -OCH3 is 1. The summed E-state index contributed by atoms with van der Waals surface area (Å²) < 4.78 is 31.1. The van der Waals surface area contributed by atoms with Crippen molar-refractivity contribution in [2.24, 2.45) is 0 Å². The Morgan fingerprint density at radius 1 is 1.26 bits per heavy atom. The van der Waals surface area contributed by atoms with Gasteiger partial charge in [0.2, 0.25) is 0 Å². The van der Waals surface area contributed by atoms with Crippen LogP contribution in [0.15, 0.2) is 47.4 Å². The van der Waals surface area contributed by atoms with Crippen molar-refractivity contribution < 1.29 is 13.3 Å². The number of hydrogen-bond acceptors (Lipinski definition) is 3. The van der Waals surface area contributed by atoms with E-state index < -0.39 is 16.6 Å². The van der Waals surface area contributed by atoms with Crippen molar-refractivity contribution in [3.63, 3.8) is 0 Å².